The Kier molecular flexibility index (Phi) is 6.72. The fourth-order valence-corrected chi connectivity index (χ4v) is 3.00. The molecule has 30 heavy (non-hydrogen) atoms. The number of carbonyl (C=O) groups is 2. The van der Waals surface area contributed by atoms with E-state index in [9.17, 15) is 9.59 Å². The summed E-state index contributed by atoms with van der Waals surface area (Å²) < 4.78 is 5.71. The van der Waals surface area contributed by atoms with Crippen molar-refractivity contribution >= 4 is 17.5 Å². The van der Waals surface area contributed by atoms with E-state index < -0.39 is 6.10 Å². The molecule has 0 saturated heterocycles. The van der Waals surface area contributed by atoms with Gasteiger partial charge in [-0.15, -0.1) is 0 Å². The van der Waals surface area contributed by atoms with Crippen molar-refractivity contribution in [3.05, 3.63) is 65.7 Å². The van der Waals surface area contributed by atoms with Crippen molar-refractivity contribution in [2.75, 3.05) is 6.61 Å². The maximum atomic E-state index is 12.4. The van der Waals surface area contributed by atoms with Crippen LogP contribution < -0.4 is 15.4 Å². The van der Waals surface area contributed by atoms with Gasteiger partial charge in [0.25, 0.3) is 11.8 Å². The maximum Gasteiger partial charge on any atom is 0.264 e. The zero-order valence-corrected chi connectivity index (χ0v) is 17.5. The van der Waals surface area contributed by atoms with Gasteiger partial charge < -0.3 is 20.2 Å². The van der Waals surface area contributed by atoms with Crippen LogP contribution in [0.15, 0.2) is 59.8 Å². The molecule has 2 amide bonds. The van der Waals surface area contributed by atoms with Crippen LogP contribution in [0.5, 0.6) is 5.75 Å². The second-order valence-electron chi connectivity index (χ2n) is 8.12. The van der Waals surface area contributed by atoms with Gasteiger partial charge in [-0.05, 0) is 38.5 Å². The molecule has 0 spiro atoms. The number of oxime groups is 1. The standard InChI is InChI=1S/C23H27N3O4/c1-23(2,3)25-21(27)15-29-19-12-8-7-11-17(19)18-13-20(30-26-18)22(28)24-14-16-9-5-4-6-10-16/h4-12,20H,13-15H2,1-3H3,(H,24,28)(H,25,27). The molecule has 1 atom stereocenters. The fourth-order valence-electron chi connectivity index (χ4n) is 3.00. The number of hydrogen-bond acceptors (Lipinski definition) is 5. The first kappa shape index (κ1) is 21.4. The van der Waals surface area contributed by atoms with Crippen molar-refractivity contribution in [2.24, 2.45) is 5.16 Å². The summed E-state index contributed by atoms with van der Waals surface area (Å²) >= 11 is 0. The molecule has 1 unspecified atom stereocenters. The van der Waals surface area contributed by atoms with Gasteiger partial charge in [-0.25, -0.2) is 0 Å². The number of carbonyl (C=O) groups excluding carboxylic acids is 2. The molecular formula is C23H27N3O4. The van der Waals surface area contributed by atoms with Crippen LogP contribution in [0.3, 0.4) is 0 Å². The third kappa shape index (κ3) is 6.07. The van der Waals surface area contributed by atoms with Gasteiger partial charge in [0.15, 0.2) is 6.61 Å². The fraction of sp³-hybridized carbons (Fsp3) is 0.348. The Balaban J connectivity index is 1.57. The summed E-state index contributed by atoms with van der Waals surface area (Å²) in [4.78, 5) is 29.8. The Hall–Kier alpha value is -3.35. The van der Waals surface area contributed by atoms with Gasteiger partial charge in [-0.1, -0.05) is 47.6 Å². The highest BCUT2D eigenvalue weighted by Crippen LogP contribution is 2.25. The minimum absolute atomic E-state index is 0.108. The number of rotatable bonds is 7. The van der Waals surface area contributed by atoms with E-state index in [1.54, 1.807) is 6.07 Å². The number of ether oxygens (including phenoxy) is 1. The number of benzene rings is 2. The molecule has 0 fully saturated rings. The van der Waals surface area contributed by atoms with E-state index in [0.29, 0.717) is 30.0 Å². The molecule has 0 aromatic heterocycles. The Bertz CT molecular complexity index is 920. The minimum Gasteiger partial charge on any atom is -0.483 e. The van der Waals surface area contributed by atoms with Crippen LogP contribution >= 0.6 is 0 Å². The van der Waals surface area contributed by atoms with E-state index in [1.807, 2.05) is 69.3 Å². The number of hydrogen-bond donors (Lipinski definition) is 2. The Labute approximate surface area is 176 Å². The van der Waals surface area contributed by atoms with Gasteiger partial charge in [0.05, 0.1) is 5.71 Å². The highest BCUT2D eigenvalue weighted by Gasteiger charge is 2.30. The first-order chi connectivity index (χ1) is 14.3. The van der Waals surface area contributed by atoms with Crippen LogP contribution in [0.1, 0.15) is 38.3 Å². The summed E-state index contributed by atoms with van der Waals surface area (Å²) in [5.41, 5.74) is 2.00. The average molecular weight is 409 g/mol. The van der Waals surface area contributed by atoms with Gasteiger partial charge in [0, 0.05) is 24.1 Å². The van der Waals surface area contributed by atoms with Crippen molar-refractivity contribution in [2.45, 2.75) is 45.4 Å². The summed E-state index contributed by atoms with van der Waals surface area (Å²) in [5, 5.41) is 9.81. The second-order valence-corrected chi connectivity index (χ2v) is 8.12. The third-order valence-electron chi connectivity index (χ3n) is 4.34. The number of amides is 2. The molecule has 0 bridgehead atoms. The lowest BCUT2D eigenvalue weighted by atomic mass is 10.0. The van der Waals surface area contributed by atoms with Crippen LogP contribution in [-0.2, 0) is 21.0 Å². The zero-order chi connectivity index (χ0) is 21.6. The van der Waals surface area contributed by atoms with Crippen molar-refractivity contribution in [1.82, 2.24) is 10.6 Å². The molecule has 2 aromatic carbocycles. The SMILES string of the molecule is CC(C)(C)NC(=O)COc1ccccc1C1=NOC(C(=O)NCc2ccccc2)C1. The first-order valence-corrected chi connectivity index (χ1v) is 9.89. The van der Waals surface area contributed by atoms with E-state index >= 15 is 0 Å². The number of para-hydroxylation sites is 1. The molecular weight excluding hydrogens is 382 g/mol. The summed E-state index contributed by atoms with van der Waals surface area (Å²) in [5.74, 6) is 0.0925. The van der Waals surface area contributed by atoms with Crippen LogP contribution in [0, 0.1) is 0 Å². The Morgan fingerprint density at radius 2 is 1.80 bits per heavy atom. The van der Waals surface area contributed by atoms with Gasteiger partial charge >= 0.3 is 0 Å². The molecule has 158 valence electrons. The van der Waals surface area contributed by atoms with E-state index in [-0.39, 0.29) is 24.0 Å². The Morgan fingerprint density at radius 1 is 1.10 bits per heavy atom. The molecule has 0 saturated carbocycles. The van der Waals surface area contributed by atoms with E-state index in [4.69, 9.17) is 9.57 Å². The summed E-state index contributed by atoms with van der Waals surface area (Å²) in [6, 6.07) is 16.9. The average Bonchev–Trinajstić information content (AvgIpc) is 3.20. The summed E-state index contributed by atoms with van der Waals surface area (Å²) in [7, 11) is 0. The van der Waals surface area contributed by atoms with Crippen molar-refractivity contribution < 1.29 is 19.2 Å². The number of nitrogens with one attached hydrogen (secondary N) is 2. The quantitative estimate of drug-likeness (QED) is 0.736. The molecule has 7 heteroatoms. The van der Waals surface area contributed by atoms with Crippen LogP contribution in [0.4, 0.5) is 0 Å². The second kappa shape index (κ2) is 9.43. The molecule has 1 aliphatic rings. The molecule has 2 N–H and O–H groups in total. The third-order valence-corrected chi connectivity index (χ3v) is 4.34. The van der Waals surface area contributed by atoms with Crippen LogP contribution in [-0.4, -0.2) is 35.8 Å². The van der Waals surface area contributed by atoms with Crippen molar-refractivity contribution in [1.29, 1.82) is 0 Å². The first-order valence-electron chi connectivity index (χ1n) is 9.89. The molecule has 0 radical (unpaired) electrons. The largest absolute Gasteiger partial charge is 0.483 e. The Morgan fingerprint density at radius 3 is 2.53 bits per heavy atom. The molecule has 7 nitrogen and oxygen atoms in total. The van der Waals surface area contributed by atoms with Gasteiger partial charge in [-0.3, -0.25) is 9.59 Å². The van der Waals surface area contributed by atoms with Gasteiger partial charge in [0.1, 0.15) is 5.75 Å². The lowest BCUT2D eigenvalue weighted by Gasteiger charge is -2.20. The van der Waals surface area contributed by atoms with Gasteiger partial charge in [-0.2, -0.15) is 0 Å². The van der Waals surface area contributed by atoms with Crippen molar-refractivity contribution in [3.63, 3.8) is 0 Å². The smallest absolute Gasteiger partial charge is 0.264 e. The summed E-state index contributed by atoms with van der Waals surface area (Å²) in [6.07, 6.45) is -0.365. The highest BCUT2D eigenvalue weighted by molar-refractivity contribution is 6.06. The van der Waals surface area contributed by atoms with Crippen LogP contribution in [0.2, 0.25) is 0 Å². The lowest BCUT2D eigenvalue weighted by molar-refractivity contribution is -0.131. The minimum atomic E-state index is -0.694. The molecule has 1 aliphatic heterocycles. The molecule has 0 aliphatic carbocycles. The predicted molar refractivity (Wildman–Crippen MR) is 114 cm³/mol. The maximum absolute atomic E-state index is 12.4. The zero-order valence-electron chi connectivity index (χ0n) is 17.5. The van der Waals surface area contributed by atoms with E-state index in [2.05, 4.69) is 15.8 Å². The van der Waals surface area contributed by atoms with E-state index in [0.717, 1.165) is 5.56 Å². The van der Waals surface area contributed by atoms with Crippen LogP contribution in [0.25, 0.3) is 0 Å². The monoisotopic (exact) mass is 409 g/mol. The lowest BCUT2D eigenvalue weighted by Crippen LogP contribution is -2.43. The van der Waals surface area contributed by atoms with Gasteiger partial charge in [0.2, 0.25) is 6.10 Å². The normalized spacial score (nSPS) is 15.7. The van der Waals surface area contributed by atoms with E-state index in [1.165, 1.54) is 0 Å². The molecule has 1 heterocycles. The highest BCUT2D eigenvalue weighted by atomic mass is 16.6. The molecule has 3 rings (SSSR count). The summed E-state index contributed by atoms with van der Waals surface area (Å²) in [6.45, 7) is 6.05. The number of nitrogens with zero attached hydrogens (tertiary/aromatic N) is 1. The predicted octanol–water partition coefficient (Wildman–Crippen LogP) is 2.79. The topological polar surface area (TPSA) is 89.0 Å². The molecule has 2 aromatic rings. The van der Waals surface area contributed by atoms with Crippen molar-refractivity contribution in [3.8, 4) is 5.75 Å².